The van der Waals surface area contributed by atoms with E-state index in [2.05, 4.69) is 16.2 Å². The Bertz CT molecular complexity index is 178. The number of hydrogen-bond acceptors (Lipinski definition) is 3. The molecule has 0 aliphatic heterocycles. The summed E-state index contributed by atoms with van der Waals surface area (Å²) >= 11 is 0. The first kappa shape index (κ1) is 12.2. The van der Waals surface area contributed by atoms with Gasteiger partial charge in [0.1, 0.15) is 0 Å². The fourth-order valence-corrected chi connectivity index (χ4v) is 1.14. The van der Waals surface area contributed by atoms with Crippen LogP contribution < -0.4 is 0 Å². The van der Waals surface area contributed by atoms with E-state index in [9.17, 15) is 4.79 Å². The van der Waals surface area contributed by atoms with E-state index in [0.29, 0.717) is 6.42 Å². The van der Waals surface area contributed by atoms with Crippen LogP contribution in [-0.4, -0.2) is 38.1 Å². The molecule has 0 saturated heterocycles. The van der Waals surface area contributed by atoms with Gasteiger partial charge in [0.2, 0.25) is 0 Å². The fourth-order valence-electron chi connectivity index (χ4n) is 1.14. The van der Waals surface area contributed by atoms with Gasteiger partial charge in [-0.2, -0.15) is 0 Å². The predicted octanol–water partition coefficient (Wildman–Crippen LogP) is 1.45. The highest BCUT2D eigenvalue weighted by Gasteiger charge is 2.02. The lowest BCUT2D eigenvalue weighted by molar-refractivity contribution is -0.140. The smallest absolute Gasteiger partial charge is 0.305 e. The van der Waals surface area contributed by atoms with Crippen molar-refractivity contribution in [3.63, 3.8) is 0 Å². The lowest BCUT2D eigenvalue weighted by Gasteiger charge is -2.15. The number of carbonyl (C=O) groups excluding carboxylic acids is 1. The maximum Gasteiger partial charge on any atom is 0.305 e. The first-order chi connectivity index (χ1) is 6.06. The normalized spacial score (nSPS) is 10.2. The number of esters is 1. The van der Waals surface area contributed by atoms with Gasteiger partial charge in [0.15, 0.2) is 0 Å². The molecule has 76 valence electrons. The van der Waals surface area contributed by atoms with Gasteiger partial charge in [-0.3, -0.25) is 4.79 Å². The van der Waals surface area contributed by atoms with Gasteiger partial charge < -0.3 is 9.64 Å². The van der Waals surface area contributed by atoms with Crippen molar-refractivity contribution in [2.75, 3.05) is 27.2 Å². The maximum atomic E-state index is 10.8. The van der Waals surface area contributed by atoms with E-state index in [-0.39, 0.29) is 5.97 Å². The molecule has 0 heterocycles. The van der Waals surface area contributed by atoms with Gasteiger partial charge in [-0.1, -0.05) is 12.2 Å². The minimum atomic E-state index is -0.135. The third-order valence-electron chi connectivity index (χ3n) is 1.69. The van der Waals surface area contributed by atoms with Gasteiger partial charge in [-0.15, -0.1) is 0 Å². The van der Waals surface area contributed by atoms with E-state index in [4.69, 9.17) is 0 Å². The highest BCUT2D eigenvalue weighted by molar-refractivity contribution is 5.69. The van der Waals surface area contributed by atoms with Crippen molar-refractivity contribution in [3.8, 4) is 0 Å². The molecule has 0 aromatic heterocycles. The lowest BCUT2D eigenvalue weighted by atomic mass is 10.2. The zero-order valence-electron chi connectivity index (χ0n) is 8.80. The Hall–Kier alpha value is -0.830. The SMILES string of the molecule is C=C(C)CN(C)CCCC(=O)OC. The van der Waals surface area contributed by atoms with Crippen LogP contribution in [0.25, 0.3) is 0 Å². The quantitative estimate of drug-likeness (QED) is 0.463. The minimum absolute atomic E-state index is 0.135. The average molecular weight is 185 g/mol. The first-order valence-electron chi connectivity index (χ1n) is 4.46. The second kappa shape index (κ2) is 6.66. The third-order valence-corrected chi connectivity index (χ3v) is 1.69. The maximum absolute atomic E-state index is 10.8. The van der Waals surface area contributed by atoms with E-state index >= 15 is 0 Å². The molecule has 0 aromatic rings. The van der Waals surface area contributed by atoms with Crippen LogP contribution in [-0.2, 0) is 9.53 Å². The van der Waals surface area contributed by atoms with Crippen LogP contribution in [0.15, 0.2) is 12.2 Å². The summed E-state index contributed by atoms with van der Waals surface area (Å²) in [6, 6.07) is 0. The summed E-state index contributed by atoms with van der Waals surface area (Å²) in [7, 11) is 3.44. The topological polar surface area (TPSA) is 29.5 Å². The van der Waals surface area contributed by atoms with Gasteiger partial charge >= 0.3 is 5.97 Å². The molecule has 0 rings (SSSR count). The van der Waals surface area contributed by atoms with Gasteiger partial charge in [-0.05, 0) is 26.9 Å². The van der Waals surface area contributed by atoms with Crippen LogP contribution >= 0.6 is 0 Å². The summed E-state index contributed by atoms with van der Waals surface area (Å²) in [5, 5.41) is 0. The fraction of sp³-hybridized carbons (Fsp3) is 0.700. The molecule has 13 heavy (non-hydrogen) atoms. The van der Waals surface area contributed by atoms with Crippen molar-refractivity contribution < 1.29 is 9.53 Å². The molecular formula is C10H19NO2. The highest BCUT2D eigenvalue weighted by atomic mass is 16.5. The number of likely N-dealkylation sites (N-methyl/N-ethyl adjacent to an activating group) is 1. The Morgan fingerprint density at radius 3 is 2.62 bits per heavy atom. The van der Waals surface area contributed by atoms with Crippen LogP contribution in [0.1, 0.15) is 19.8 Å². The van der Waals surface area contributed by atoms with E-state index in [0.717, 1.165) is 25.1 Å². The monoisotopic (exact) mass is 185 g/mol. The molecule has 0 aliphatic carbocycles. The Morgan fingerprint density at radius 1 is 1.54 bits per heavy atom. The standard InChI is InChI=1S/C10H19NO2/c1-9(2)8-11(3)7-5-6-10(12)13-4/h1,5-8H2,2-4H3. The molecule has 0 bridgehead atoms. The Balaban J connectivity index is 3.42. The van der Waals surface area contributed by atoms with Crippen LogP contribution in [0.3, 0.4) is 0 Å². The van der Waals surface area contributed by atoms with E-state index in [1.54, 1.807) is 0 Å². The van der Waals surface area contributed by atoms with Gasteiger partial charge in [0.25, 0.3) is 0 Å². The second-order valence-corrected chi connectivity index (χ2v) is 3.37. The Morgan fingerprint density at radius 2 is 2.15 bits per heavy atom. The van der Waals surface area contributed by atoms with Crippen molar-refractivity contribution >= 4 is 5.97 Å². The molecule has 0 radical (unpaired) electrons. The molecule has 0 fully saturated rings. The van der Waals surface area contributed by atoms with Crippen LogP contribution in [0.5, 0.6) is 0 Å². The molecule has 0 atom stereocenters. The van der Waals surface area contributed by atoms with Crippen molar-refractivity contribution in [3.05, 3.63) is 12.2 Å². The highest BCUT2D eigenvalue weighted by Crippen LogP contribution is 1.97. The first-order valence-corrected chi connectivity index (χ1v) is 4.46. The number of nitrogens with zero attached hydrogens (tertiary/aromatic N) is 1. The van der Waals surface area contributed by atoms with E-state index in [1.165, 1.54) is 7.11 Å². The van der Waals surface area contributed by atoms with Crippen LogP contribution in [0.2, 0.25) is 0 Å². The molecule has 0 unspecified atom stereocenters. The van der Waals surface area contributed by atoms with E-state index < -0.39 is 0 Å². The Labute approximate surface area is 80.4 Å². The van der Waals surface area contributed by atoms with Gasteiger partial charge in [-0.25, -0.2) is 0 Å². The minimum Gasteiger partial charge on any atom is -0.469 e. The predicted molar refractivity (Wildman–Crippen MR) is 53.6 cm³/mol. The average Bonchev–Trinajstić information content (AvgIpc) is 2.02. The Kier molecular flexibility index (Phi) is 6.24. The summed E-state index contributed by atoms with van der Waals surface area (Å²) in [5.74, 6) is -0.135. The zero-order valence-corrected chi connectivity index (χ0v) is 8.80. The van der Waals surface area contributed by atoms with Gasteiger partial charge in [0.05, 0.1) is 7.11 Å². The van der Waals surface area contributed by atoms with Gasteiger partial charge in [0, 0.05) is 13.0 Å². The number of methoxy groups -OCH3 is 1. The summed E-state index contributed by atoms with van der Waals surface area (Å²) in [6.45, 7) is 7.61. The lowest BCUT2D eigenvalue weighted by Crippen LogP contribution is -2.22. The van der Waals surface area contributed by atoms with Crippen LogP contribution in [0, 0.1) is 0 Å². The molecule has 3 heteroatoms. The molecule has 0 saturated carbocycles. The molecule has 3 nitrogen and oxygen atoms in total. The largest absolute Gasteiger partial charge is 0.469 e. The number of carbonyl (C=O) groups is 1. The number of rotatable bonds is 6. The molecule has 0 spiro atoms. The number of ether oxygens (including phenoxy) is 1. The van der Waals surface area contributed by atoms with Crippen molar-refractivity contribution in [2.45, 2.75) is 19.8 Å². The van der Waals surface area contributed by atoms with Crippen LogP contribution in [0.4, 0.5) is 0 Å². The van der Waals surface area contributed by atoms with E-state index in [1.807, 2.05) is 14.0 Å². The number of hydrogen-bond donors (Lipinski definition) is 0. The summed E-state index contributed by atoms with van der Waals surface area (Å²) in [5.41, 5.74) is 1.14. The zero-order chi connectivity index (χ0) is 10.3. The molecule has 0 amide bonds. The van der Waals surface area contributed by atoms with Crippen molar-refractivity contribution in [2.24, 2.45) is 0 Å². The second-order valence-electron chi connectivity index (χ2n) is 3.37. The summed E-state index contributed by atoms with van der Waals surface area (Å²) in [6.07, 6.45) is 1.34. The molecule has 0 N–H and O–H groups in total. The summed E-state index contributed by atoms with van der Waals surface area (Å²) < 4.78 is 4.54. The third kappa shape index (κ3) is 7.53. The van der Waals surface area contributed by atoms with Crippen molar-refractivity contribution in [1.82, 2.24) is 4.90 Å². The molecule has 0 aromatic carbocycles. The molecular weight excluding hydrogens is 166 g/mol. The summed E-state index contributed by atoms with van der Waals surface area (Å²) in [4.78, 5) is 12.9. The molecule has 0 aliphatic rings. The van der Waals surface area contributed by atoms with Crippen molar-refractivity contribution in [1.29, 1.82) is 0 Å².